The molecule has 0 rings (SSSR count). The van der Waals surface area contributed by atoms with Gasteiger partial charge in [-0.3, -0.25) is 4.79 Å². The summed E-state index contributed by atoms with van der Waals surface area (Å²) in [6, 6.07) is 0. The van der Waals surface area contributed by atoms with Gasteiger partial charge in [0.15, 0.2) is 0 Å². The predicted molar refractivity (Wildman–Crippen MR) is 74.0 cm³/mol. The first-order valence-corrected chi connectivity index (χ1v) is 7.72. The SMILES string of the molecule is CCCCCCCCN(CC)C(=O)CCBr. The number of hydrogen-bond donors (Lipinski definition) is 0. The van der Waals surface area contributed by atoms with E-state index in [4.69, 9.17) is 0 Å². The van der Waals surface area contributed by atoms with Gasteiger partial charge in [-0.2, -0.15) is 0 Å². The van der Waals surface area contributed by atoms with Crippen molar-refractivity contribution < 1.29 is 4.79 Å². The number of rotatable bonds is 10. The van der Waals surface area contributed by atoms with E-state index in [9.17, 15) is 4.79 Å². The Kier molecular flexibility index (Phi) is 11.4. The number of carbonyl (C=O) groups excluding carboxylic acids is 1. The second-order valence-electron chi connectivity index (χ2n) is 4.18. The van der Waals surface area contributed by atoms with E-state index in [2.05, 4.69) is 29.8 Å². The molecule has 0 aliphatic rings. The quantitative estimate of drug-likeness (QED) is 0.440. The summed E-state index contributed by atoms with van der Waals surface area (Å²) < 4.78 is 0. The molecule has 1 amide bonds. The number of unbranched alkanes of at least 4 members (excludes halogenated alkanes) is 5. The van der Waals surface area contributed by atoms with Gasteiger partial charge < -0.3 is 4.90 Å². The van der Waals surface area contributed by atoms with Gasteiger partial charge in [0.25, 0.3) is 0 Å². The van der Waals surface area contributed by atoms with Gasteiger partial charge in [-0.1, -0.05) is 55.0 Å². The van der Waals surface area contributed by atoms with Gasteiger partial charge in [-0.25, -0.2) is 0 Å². The Morgan fingerprint density at radius 1 is 1.06 bits per heavy atom. The van der Waals surface area contributed by atoms with Gasteiger partial charge in [0.05, 0.1) is 0 Å². The normalized spacial score (nSPS) is 10.4. The molecule has 2 nitrogen and oxygen atoms in total. The van der Waals surface area contributed by atoms with Gasteiger partial charge in [-0.05, 0) is 13.3 Å². The molecule has 0 saturated carbocycles. The molecule has 0 aliphatic heterocycles. The second-order valence-corrected chi connectivity index (χ2v) is 4.97. The molecule has 0 heterocycles. The number of alkyl halides is 1. The lowest BCUT2D eigenvalue weighted by Crippen LogP contribution is -2.31. The maximum Gasteiger partial charge on any atom is 0.223 e. The minimum Gasteiger partial charge on any atom is -0.343 e. The Hall–Kier alpha value is -0.0500. The van der Waals surface area contributed by atoms with Crippen molar-refractivity contribution >= 4 is 21.8 Å². The highest BCUT2D eigenvalue weighted by Gasteiger charge is 2.09. The van der Waals surface area contributed by atoms with Crippen molar-refractivity contribution in [2.75, 3.05) is 18.4 Å². The Morgan fingerprint density at radius 3 is 2.25 bits per heavy atom. The fourth-order valence-corrected chi connectivity index (χ4v) is 2.12. The summed E-state index contributed by atoms with van der Waals surface area (Å²) >= 11 is 3.31. The Bertz CT molecular complexity index is 173. The van der Waals surface area contributed by atoms with E-state index in [1.807, 2.05) is 4.90 Å². The molecule has 0 saturated heterocycles. The third-order valence-electron chi connectivity index (χ3n) is 2.82. The number of carbonyl (C=O) groups is 1. The molecule has 0 radical (unpaired) electrons. The summed E-state index contributed by atoms with van der Waals surface area (Å²) in [5.41, 5.74) is 0. The molecule has 0 aromatic carbocycles. The zero-order chi connectivity index (χ0) is 12.2. The number of hydrogen-bond acceptors (Lipinski definition) is 1. The zero-order valence-electron chi connectivity index (χ0n) is 10.8. The number of nitrogens with zero attached hydrogens (tertiary/aromatic N) is 1. The molecule has 0 spiro atoms. The minimum atomic E-state index is 0.285. The highest BCUT2D eigenvalue weighted by atomic mass is 79.9. The van der Waals surface area contributed by atoms with Gasteiger partial charge in [0.1, 0.15) is 0 Å². The Labute approximate surface area is 109 Å². The van der Waals surface area contributed by atoms with E-state index in [1.54, 1.807) is 0 Å². The van der Waals surface area contributed by atoms with Crippen LogP contribution in [-0.2, 0) is 4.79 Å². The van der Waals surface area contributed by atoms with Crippen LogP contribution in [0.25, 0.3) is 0 Å². The summed E-state index contributed by atoms with van der Waals surface area (Å²) in [6.07, 6.45) is 8.36. The van der Waals surface area contributed by atoms with Crippen molar-refractivity contribution in [3.8, 4) is 0 Å². The van der Waals surface area contributed by atoms with Crippen LogP contribution in [0.1, 0.15) is 58.8 Å². The highest BCUT2D eigenvalue weighted by molar-refractivity contribution is 9.09. The molecule has 0 unspecified atom stereocenters. The molecule has 0 bridgehead atoms. The largest absolute Gasteiger partial charge is 0.343 e. The van der Waals surface area contributed by atoms with Crippen LogP contribution in [0, 0.1) is 0 Å². The lowest BCUT2D eigenvalue weighted by atomic mass is 10.1. The maximum absolute atomic E-state index is 11.6. The number of halogens is 1. The minimum absolute atomic E-state index is 0.285. The van der Waals surface area contributed by atoms with Crippen molar-refractivity contribution in [3.63, 3.8) is 0 Å². The van der Waals surface area contributed by atoms with E-state index in [-0.39, 0.29) is 5.91 Å². The van der Waals surface area contributed by atoms with Crippen LogP contribution in [0.4, 0.5) is 0 Å². The summed E-state index contributed by atoms with van der Waals surface area (Å²) in [6.45, 7) is 6.08. The Balaban J connectivity index is 3.51. The van der Waals surface area contributed by atoms with Crippen LogP contribution in [0.5, 0.6) is 0 Å². The predicted octanol–water partition coefficient (Wildman–Crippen LogP) is 3.98. The molecular weight excluding hydrogens is 266 g/mol. The van der Waals surface area contributed by atoms with Gasteiger partial charge >= 0.3 is 0 Å². The third-order valence-corrected chi connectivity index (χ3v) is 3.22. The van der Waals surface area contributed by atoms with Crippen LogP contribution in [0.15, 0.2) is 0 Å². The lowest BCUT2D eigenvalue weighted by Gasteiger charge is -2.20. The third kappa shape index (κ3) is 8.14. The first kappa shape index (κ1) is 16.0. The molecule has 0 N–H and O–H groups in total. The average molecular weight is 292 g/mol. The summed E-state index contributed by atoms with van der Waals surface area (Å²) in [7, 11) is 0. The standard InChI is InChI=1S/C13H26BrNO/c1-3-5-6-7-8-9-12-15(4-2)13(16)10-11-14/h3-12H2,1-2H3. The van der Waals surface area contributed by atoms with E-state index in [0.29, 0.717) is 6.42 Å². The molecule has 0 aliphatic carbocycles. The van der Waals surface area contributed by atoms with Crippen molar-refractivity contribution in [2.45, 2.75) is 58.8 Å². The summed E-state index contributed by atoms with van der Waals surface area (Å²) in [5, 5.41) is 0.777. The van der Waals surface area contributed by atoms with E-state index in [1.165, 1.54) is 32.1 Å². The molecule has 96 valence electrons. The average Bonchev–Trinajstić information content (AvgIpc) is 2.28. The first-order chi connectivity index (χ1) is 7.76. The maximum atomic E-state index is 11.6. The highest BCUT2D eigenvalue weighted by Crippen LogP contribution is 2.06. The molecule has 16 heavy (non-hydrogen) atoms. The van der Waals surface area contributed by atoms with Crippen LogP contribution in [0.2, 0.25) is 0 Å². The summed E-state index contributed by atoms with van der Waals surface area (Å²) in [5.74, 6) is 0.285. The van der Waals surface area contributed by atoms with Crippen LogP contribution in [0.3, 0.4) is 0 Å². The van der Waals surface area contributed by atoms with Crippen LogP contribution >= 0.6 is 15.9 Å². The van der Waals surface area contributed by atoms with Crippen molar-refractivity contribution in [1.29, 1.82) is 0 Å². The monoisotopic (exact) mass is 291 g/mol. The van der Waals surface area contributed by atoms with Crippen molar-refractivity contribution in [3.05, 3.63) is 0 Å². The summed E-state index contributed by atoms with van der Waals surface area (Å²) in [4.78, 5) is 13.6. The molecule has 0 atom stereocenters. The fourth-order valence-electron chi connectivity index (χ4n) is 1.78. The lowest BCUT2D eigenvalue weighted by molar-refractivity contribution is -0.130. The van der Waals surface area contributed by atoms with Crippen LogP contribution in [-0.4, -0.2) is 29.2 Å². The van der Waals surface area contributed by atoms with Crippen LogP contribution < -0.4 is 0 Å². The number of amides is 1. The van der Waals surface area contributed by atoms with E-state index < -0.39 is 0 Å². The fraction of sp³-hybridized carbons (Fsp3) is 0.923. The van der Waals surface area contributed by atoms with Gasteiger partial charge in [0.2, 0.25) is 5.91 Å². The van der Waals surface area contributed by atoms with Gasteiger partial charge in [-0.15, -0.1) is 0 Å². The topological polar surface area (TPSA) is 20.3 Å². The molecule has 0 fully saturated rings. The van der Waals surface area contributed by atoms with E-state index >= 15 is 0 Å². The molecular formula is C13H26BrNO. The first-order valence-electron chi connectivity index (χ1n) is 6.60. The van der Waals surface area contributed by atoms with E-state index in [0.717, 1.165) is 24.8 Å². The molecule has 0 aromatic rings. The Morgan fingerprint density at radius 2 is 1.69 bits per heavy atom. The van der Waals surface area contributed by atoms with Crippen molar-refractivity contribution in [2.24, 2.45) is 0 Å². The smallest absolute Gasteiger partial charge is 0.223 e. The van der Waals surface area contributed by atoms with Gasteiger partial charge in [0, 0.05) is 24.8 Å². The zero-order valence-corrected chi connectivity index (χ0v) is 12.4. The van der Waals surface area contributed by atoms with Crippen molar-refractivity contribution in [1.82, 2.24) is 4.90 Å². The second kappa shape index (κ2) is 11.4. The molecule has 3 heteroatoms. The molecule has 0 aromatic heterocycles.